The van der Waals surface area contributed by atoms with Crippen molar-refractivity contribution in [2.45, 2.75) is 74.8 Å². The van der Waals surface area contributed by atoms with Crippen LogP contribution in [0.15, 0.2) is 334 Å². The van der Waals surface area contributed by atoms with Crippen LogP contribution in [0.1, 0.15) is 56.8 Å². The molecule has 112 heavy (non-hydrogen) atoms. The van der Waals surface area contributed by atoms with Crippen LogP contribution in [0.4, 0.5) is 0 Å². The van der Waals surface area contributed by atoms with E-state index in [1.165, 1.54) is 46.4 Å². The van der Waals surface area contributed by atoms with Gasteiger partial charge in [0.25, 0.3) is 0 Å². The number of hydrogen-bond donors (Lipinski definition) is 0. The van der Waals surface area contributed by atoms with E-state index in [2.05, 4.69) is 163 Å². The molecular weight excluding hydrogens is 2100 g/mol. The van der Waals surface area contributed by atoms with E-state index in [1.54, 1.807) is 32.0 Å². The van der Waals surface area contributed by atoms with Gasteiger partial charge in [-0.25, -0.2) is 44.5 Å². The van der Waals surface area contributed by atoms with Crippen LogP contribution in [-0.2, 0) is 84.3 Å². The van der Waals surface area contributed by atoms with E-state index in [0.29, 0.717) is 22.4 Å². The molecule has 576 valence electrons. The maximum atomic E-state index is 7.41. The molecule has 0 spiro atoms. The van der Waals surface area contributed by atoms with Crippen LogP contribution in [0, 0.1) is 128 Å². The first-order chi connectivity index (χ1) is 56.2. The molecule has 0 aliphatic carbocycles. The van der Waals surface area contributed by atoms with Crippen LogP contribution >= 0.6 is 0 Å². The average molecular weight is 2200 g/mol. The minimum atomic E-state index is -2.19. The summed E-state index contributed by atoms with van der Waals surface area (Å²) in [7, 11) is -1.23. The Morgan fingerprint density at radius 3 is 0.696 bits per heavy atom. The van der Waals surface area contributed by atoms with Crippen LogP contribution in [0.3, 0.4) is 0 Å². The first-order valence-electron chi connectivity index (χ1n) is 39.7. The Morgan fingerprint density at radius 1 is 0.232 bits per heavy atom. The van der Waals surface area contributed by atoms with Gasteiger partial charge in [0.2, 0.25) is 0 Å². The largest absolute Gasteiger partial charge is 0.305 e. The number of aryl methyl sites for hydroxylation is 8. The van der Waals surface area contributed by atoms with Crippen LogP contribution in [0.5, 0.6) is 0 Å². The molecule has 9 heteroatoms. The second-order valence-corrected chi connectivity index (χ2v) is 30.7. The minimum absolute atomic E-state index is 0. The Balaban J connectivity index is 0.000000246. The Kier molecular flexibility index (Phi) is 35.4. The fourth-order valence-corrected chi connectivity index (χ4v) is 11.0. The number of nitrogens with zero attached hydrogens (tertiary/aromatic N) is 4. The topological polar surface area (TPSA) is 51.6 Å². The fourth-order valence-electron chi connectivity index (χ4n) is 10.0. The van der Waals surface area contributed by atoms with Crippen molar-refractivity contribution < 1.29 is 96.6 Å². The predicted octanol–water partition coefficient (Wildman–Crippen LogP) is 25.0. The van der Waals surface area contributed by atoms with E-state index >= 15 is 0 Å². The summed E-state index contributed by atoms with van der Waals surface area (Å²) >= 11 is 0. The normalized spacial score (nSPS) is 11.3. The van der Waals surface area contributed by atoms with Crippen molar-refractivity contribution in [1.82, 2.24) is 19.9 Å². The summed E-state index contributed by atoms with van der Waals surface area (Å²) in [6.45, 7) is 10.3. The van der Waals surface area contributed by atoms with Crippen LogP contribution in [0.2, 0.25) is 19.6 Å². The molecular formula is C103H88N4Pt4Si-12. The molecule has 0 unspecified atom stereocenters. The van der Waals surface area contributed by atoms with Crippen LogP contribution in [0.25, 0.3) is 89.5 Å². The molecule has 16 aromatic rings. The van der Waals surface area contributed by atoms with Crippen molar-refractivity contribution in [3.8, 4) is 89.5 Å². The van der Waals surface area contributed by atoms with Gasteiger partial charge >= 0.3 is 0 Å². The van der Waals surface area contributed by atoms with Gasteiger partial charge in [-0.15, -0.1) is 191 Å². The quantitative estimate of drug-likeness (QED) is 0.107. The minimum Gasteiger partial charge on any atom is -0.305 e. The Hall–Kier alpha value is -9.79. The molecule has 12 aromatic carbocycles. The Bertz CT molecular complexity index is 5110. The number of pyridine rings is 4. The van der Waals surface area contributed by atoms with Gasteiger partial charge in [0.1, 0.15) is 0 Å². The molecule has 0 amide bonds. The fraction of sp³-hybridized carbons (Fsp3) is 0.107. The van der Waals surface area contributed by atoms with E-state index in [0.717, 1.165) is 83.8 Å². The number of hydrogen-bond acceptors (Lipinski definition) is 4. The zero-order chi connectivity index (χ0) is 83.6. The van der Waals surface area contributed by atoms with E-state index in [4.69, 9.17) is 12.3 Å². The van der Waals surface area contributed by atoms with Crippen LogP contribution in [-0.4, -0.2) is 28.0 Å². The molecule has 16 rings (SSSR count). The maximum absolute atomic E-state index is 7.41. The van der Waals surface area contributed by atoms with Gasteiger partial charge in [-0.3, -0.25) is 0 Å². The van der Waals surface area contributed by atoms with Gasteiger partial charge < -0.3 is 19.9 Å². The van der Waals surface area contributed by atoms with Gasteiger partial charge in [0.15, 0.2) is 0 Å². The second-order valence-electron chi connectivity index (χ2n) is 25.6. The molecule has 0 fully saturated rings. The van der Waals surface area contributed by atoms with Crippen molar-refractivity contribution in [2.24, 2.45) is 0 Å². The van der Waals surface area contributed by atoms with E-state index in [-0.39, 0.29) is 95.4 Å². The van der Waals surface area contributed by atoms with Gasteiger partial charge in [-0.2, -0.15) is 194 Å². The van der Waals surface area contributed by atoms with Gasteiger partial charge in [0, 0.05) is 121 Å². The van der Waals surface area contributed by atoms with Gasteiger partial charge in [-0.1, -0.05) is 80.4 Å². The summed E-state index contributed by atoms with van der Waals surface area (Å²) in [4.78, 5) is 17.2. The Morgan fingerprint density at radius 2 is 0.482 bits per heavy atom. The number of rotatable bonds is 9. The molecule has 0 aliphatic heterocycles. The zero-order valence-electron chi connectivity index (χ0n) is 72.3. The molecule has 4 aromatic heterocycles. The monoisotopic (exact) mass is 2200 g/mol. The summed E-state index contributed by atoms with van der Waals surface area (Å²) in [6.07, 6.45) is 6.70. The molecule has 0 radical (unpaired) electrons. The third kappa shape index (κ3) is 31.4. The molecule has 0 saturated carbocycles. The molecule has 0 atom stereocenters. The first kappa shape index (κ1) is 78.9. The van der Waals surface area contributed by atoms with E-state index < -0.39 is 28.6 Å². The molecule has 0 saturated heterocycles. The molecule has 0 N–H and O–H groups in total. The van der Waals surface area contributed by atoms with Crippen molar-refractivity contribution in [3.05, 3.63) is 451 Å². The second kappa shape index (κ2) is 50.3. The smallest absolute Gasteiger partial charge is 0.0795 e. The summed E-state index contributed by atoms with van der Waals surface area (Å²) in [6, 6.07) is 137. The molecule has 4 nitrogen and oxygen atoms in total. The third-order valence-electron chi connectivity index (χ3n) is 16.4. The standard InChI is InChI=1S/C14H16NSi.2C14H14N.C13H12N.4C12H8.4Pt/c1-16(2,3)13-9-10-14(15-11-13)12-7-5-4-6-8-12;2*1-10-4-6-13(7-5-10)14-8-11(2)12(3)9-15-14;1-10-8-13(14-9-11(10)2)12-6-4-3-5-7-12;4*1-3-7-11(8-4-1)12-9-5-2-6-10-12;;;;/h4-7,9-11H,1-3H3;2*4-6,8-9H,1-3H3;3-6,8-9H,1-2H3;4*1-7,9H;;;;/q4*-1;4*-2;;;;/i;1D3,3D3;;2D3;;;;;;;;. The maximum Gasteiger partial charge on any atom is 0.0795 e. The summed E-state index contributed by atoms with van der Waals surface area (Å²) in [5.41, 5.74) is 21.5. The van der Waals surface area contributed by atoms with E-state index in [9.17, 15) is 0 Å². The number of aromatic nitrogens is 4. The van der Waals surface area contributed by atoms with Gasteiger partial charge in [-0.05, 0) is 86.1 Å². The predicted molar refractivity (Wildman–Crippen MR) is 453 cm³/mol. The Labute approximate surface area is 739 Å². The zero-order valence-corrected chi connectivity index (χ0v) is 73.4. The summed E-state index contributed by atoms with van der Waals surface area (Å²) < 4.78 is 66.3. The molecule has 0 aliphatic rings. The molecule has 0 bridgehead atoms. The SMILES string of the molecule is C[Si](C)(C)c1ccc(-c2[c-]cccc2)nc1.Cc1c[c-]c(-c2cc(C)c(C)cn2)cc1.[2H]C([2H])([2H])c1c[c-]c(-c2cc(C)c(C([2H])([2H])[2H])cn2)cc1.[2H]C([2H])([2H])c1cnc(-c2[c-]cccc2)cc1C.[Pt].[Pt].[Pt].[Pt].[c-]1ccccc1-c1[c-]cccc1.[c-]1ccccc1-c1[c-]cccc1.[c-]1ccccc1-c1[c-]cccc1.[c-]1ccccc1-c1[c-]cccc1. The summed E-state index contributed by atoms with van der Waals surface area (Å²) in [5.74, 6) is 0. The van der Waals surface area contributed by atoms with E-state index in [1.807, 2.05) is 261 Å². The number of benzene rings is 12. The third-order valence-corrected chi connectivity index (χ3v) is 18.4. The van der Waals surface area contributed by atoms with Crippen molar-refractivity contribution >= 4 is 13.3 Å². The first-order valence-corrected chi connectivity index (χ1v) is 38.7. The molecule has 4 heterocycles. The van der Waals surface area contributed by atoms with Crippen molar-refractivity contribution in [2.75, 3.05) is 0 Å². The average Bonchev–Trinajstić information content (AvgIpc) is 0.803. The van der Waals surface area contributed by atoms with Crippen LogP contribution < -0.4 is 5.19 Å². The van der Waals surface area contributed by atoms with Crippen molar-refractivity contribution in [3.63, 3.8) is 0 Å². The van der Waals surface area contributed by atoms with Crippen molar-refractivity contribution in [1.29, 1.82) is 0 Å². The summed E-state index contributed by atoms with van der Waals surface area (Å²) in [5, 5.41) is 1.40. The van der Waals surface area contributed by atoms with Gasteiger partial charge in [0.05, 0.1) is 8.07 Å².